The Morgan fingerprint density at radius 1 is 1.47 bits per heavy atom. The second kappa shape index (κ2) is 6.36. The van der Waals surface area contributed by atoms with Crippen LogP contribution in [0.2, 0.25) is 0 Å². The summed E-state index contributed by atoms with van der Waals surface area (Å²) in [6.45, 7) is 6.50. The SMILES string of the molecule is CC(C)CC(CN)C(=O)N1CCC(N(C)C)C1. The number of carbonyl (C=O) groups excluding carboxylic acids is 1. The Morgan fingerprint density at radius 3 is 2.53 bits per heavy atom. The van der Waals surface area contributed by atoms with Crippen molar-refractivity contribution in [3.63, 3.8) is 0 Å². The number of amides is 1. The molecule has 4 heteroatoms. The van der Waals surface area contributed by atoms with E-state index in [1.165, 1.54) is 0 Å². The van der Waals surface area contributed by atoms with Gasteiger partial charge in [-0.2, -0.15) is 0 Å². The molecule has 0 aliphatic carbocycles. The van der Waals surface area contributed by atoms with Gasteiger partial charge in [-0.3, -0.25) is 4.79 Å². The van der Waals surface area contributed by atoms with Crippen molar-refractivity contribution < 1.29 is 4.79 Å². The standard InChI is InChI=1S/C13H27N3O/c1-10(2)7-11(8-14)13(17)16-6-5-12(9-16)15(3)4/h10-12H,5-9,14H2,1-4H3. The maximum absolute atomic E-state index is 12.3. The lowest BCUT2D eigenvalue weighted by Crippen LogP contribution is -2.40. The van der Waals surface area contributed by atoms with E-state index in [4.69, 9.17) is 5.73 Å². The predicted octanol–water partition coefficient (Wildman–Crippen LogP) is 0.770. The smallest absolute Gasteiger partial charge is 0.227 e. The molecule has 2 N–H and O–H groups in total. The molecule has 1 aliphatic rings. The van der Waals surface area contributed by atoms with E-state index in [-0.39, 0.29) is 11.8 Å². The van der Waals surface area contributed by atoms with Crippen LogP contribution in [-0.4, -0.2) is 55.5 Å². The Bertz CT molecular complexity index is 253. The van der Waals surface area contributed by atoms with Gasteiger partial charge >= 0.3 is 0 Å². The van der Waals surface area contributed by atoms with Gasteiger partial charge in [-0.25, -0.2) is 0 Å². The van der Waals surface area contributed by atoms with E-state index in [2.05, 4.69) is 32.8 Å². The molecule has 2 atom stereocenters. The molecular formula is C13H27N3O. The summed E-state index contributed by atoms with van der Waals surface area (Å²) < 4.78 is 0. The minimum atomic E-state index is 0.0101. The van der Waals surface area contributed by atoms with Gasteiger partial charge < -0.3 is 15.5 Å². The van der Waals surface area contributed by atoms with Crippen LogP contribution in [-0.2, 0) is 4.79 Å². The highest BCUT2D eigenvalue weighted by atomic mass is 16.2. The highest BCUT2D eigenvalue weighted by Gasteiger charge is 2.31. The molecule has 1 heterocycles. The molecule has 2 unspecified atom stereocenters. The third kappa shape index (κ3) is 3.96. The van der Waals surface area contributed by atoms with Gasteiger partial charge in [0.25, 0.3) is 0 Å². The number of carbonyl (C=O) groups is 1. The van der Waals surface area contributed by atoms with Gasteiger partial charge in [0.2, 0.25) is 5.91 Å². The summed E-state index contributed by atoms with van der Waals surface area (Å²) >= 11 is 0. The maximum Gasteiger partial charge on any atom is 0.227 e. The first kappa shape index (κ1) is 14.5. The molecule has 17 heavy (non-hydrogen) atoms. The van der Waals surface area contributed by atoms with Gasteiger partial charge in [0.15, 0.2) is 0 Å². The van der Waals surface area contributed by atoms with Gasteiger partial charge in [0.1, 0.15) is 0 Å². The van der Waals surface area contributed by atoms with Crippen molar-refractivity contribution in [1.29, 1.82) is 0 Å². The second-order valence-corrected chi connectivity index (χ2v) is 5.75. The van der Waals surface area contributed by atoms with Crippen molar-refractivity contribution in [2.24, 2.45) is 17.6 Å². The normalized spacial score (nSPS) is 22.5. The molecule has 0 aromatic rings. The van der Waals surface area contributed by atoms with Crippen LogP contribution >= 0.6 is 0 Å². The fourth-order valence-electron chi connectivity index (χ4n) is 2.49. The Balaban J connectivity index is 2.52. The maximum atomic E-state index is 12.3. The van der Waals surface area contributed by atoms with Crippen molar-refractivity contribution in [2.45, 2.75) is 32.7 Å². The highest BCUT2D eigenvalue weighted by Crippen LogP contribution is 2.19. The zero-order chi connectivity index (χ0) is 13.0. The largest absolute Gasteiger partial charge is 0.341 e. The van der Waals surface area contributed by atoms with Gasteiger partial charge in [-0.05, 0) is 32.9 Å². The van der Waals surface area contributed by atoms with Gasteiger partial charge in [0, 0.05) is 25.7 Å². The van der Waals surface area contributed by atoms with Crippen LogP contribution in [0.25, 0.3) is 0 Å². The van der Waals surface area contributed by atoms with E-state index in [1.807, 2.05) is 4.90 Å². The number of likely N-dealkylation sites (N-methyl/N-ethyl adjacent to an activating group) is 1. The summed E-state index contributed by atoms with van der Waals surface area (Å²) in [5, 5.41) is 0. The molecule has 0 spiro atoms. The molecule has 1 fully saturated rings. The zero-order valence-electron chi connectivity index (χ0n) is 11.6. The summed E-state index contributed by atoms with van der Waals surface area (Å²) in [6.07, 6.45) is 1.98. The first-order chi connectivity index (χ1) is 7.95. The highest BCUT2D eigenvalue weighted by molar-refractivity contribution is 5.79. The zero-order valence-corrected chi connectivity index (χ0v) is 11.6. The minimum Gasteiger partial charge on any atom is -0.341 e. The number of rotatable bonds is 5. The summed E-state index contributed by atoms with van der Waals surface area (Å²) in [5.41, 5.74) is 5.73. The number of nitrogens with two attached hydrogens (primary N) is 1. The lowest BCUT2D eigenvalue weighted by molar-refractivity contribution is -0.134. The topological polar surface area (TPSA) is 49.6 Å². The second-order valence-electron chi connectivity index (χ2n) is 5.75. The van der Waals surface area contributed by atoms with Crippen molar-refractivity contribution >= 4 is 5.91 Å². The molecule has 0 aromatic carbocycles. The molecule has 100 valence electrons. The van der Waals surface area contributed by atoms with E-state index in [1.54, 1.807) is 0 Å². The molecule has 1 saturated heterocycles. The van der Waals surface area contributed by atoms with E-state index in [9.17, 15) is 4.79 Å². The Hall–Kier alpha value is -0.610. The van der Waals surface area contributed by atoms with E-state index in [0.717, 1.165) is 25.9 Å². The first-order valence-corrected chi connectivity index (χ1v) is 6.61. The number of hydrogen-bond donors (Lipinski definition) is 1. The Labute approximate surface area is 105 Å². The molecule has 0 radical (unpaired) electrons. The molecule has 1 rings (SSSR count). The van der Waals surface area contributed by atoms with E-state index >= 15 is 0 Å². The van der Waals surface area contributed by atoms with Crippen molar-refractivity contribution in [3.05, 3.63) is 0 Å². The molecule has 4 nitrogen and oxygen atoms in total. The molecule has 0 aromatic heterocycles. The molecular weight excluding hydrogens is 214 g/mol. The van der Waals surface area contributed by atoms with Gasteiger partial charge in [-0.1, -0.05) is 13.8 Å². The number of likely N-dealkylation sites (tertiary alicyclic amines) is 1. The van der Waals surface area contributed by atoms with Crippen LogP contribution in [0.5, 0.6) is 0 Å². The van der Waals surface area contributed by atoms with Crippen molar-refractivity contribution in [3.8, 4) is 0 Å². The van der Waals surface area contributed by atoms with Crippen LogP contribution in [0.4, 0.5) is 0 Å². The van der Waals surface area contributed by atoms with Crippen LogP contribution in [0, 0.1) is 11.8 Å². The third-order valence-electron chi connectivity index (χ3n) is 3.60. The first-order valence-electron chi connectivity index (χ1n) is 6.61. The summed E-state index contributed by atoms with van der Waals surface area (Å²) in [5.74, 6) is 0.793. The average molecular weight is 241 g/mol. The summed E-state index contributed by atoms with van der Waals surface area (Å²) in [4.78, 5) is 16.5. The lowest BCUT2D eigenvalue weighted by atomic mass is 9.96. The van der Waals surface area contributed by atoms with Gasteiger partial charge in [-0.15, -0.1) is 0 Å². The van der Waals surface area contributed by atoms with Crippen LogP contribution in [0.1, 0.15) is 26.7 Å². The average Bonchev–Trinajstić information content (AvgIpc) is 2.73. The molecule has 1 aliphatic heterocycles. The Kier molecular flexibility index (Phi) is 5.40. The van der Waals surface area contributed by atoms with Crippen LogP contribution in [0.15, 0.2) is 0 Å². The quantitative estimate of drug-likeness (QED) is 0.773. The van der Waals surface area contributed by atoms with Gasteiger partial charge in [0.05, 0.1) is 5.92 Å². The molecule has 0 bridgehead atoms. The number of nitrogens with zero attached hydrogens (tertiary/aromatic N) is 2. The van der Waals surface area contributed by atoms with E-state index < -0.39 is 0 Å². The monoisotopic (exact) mass is 241 g/mol. The fourth-order valence-corrected chi connectivity index (χ4v) is 2.49. The number of hydrogen-bond acceptors (Lipinski definition) is 3. The van der Waals surface area contributed by atoms with Crippen LogP contribution < -0.4 is 5.73 Å². The van der Waals surface area contributed by atoms with Crippen LogP contribution in [0.3, 0.4) is 0 Å². The Morgan fingerprint density at radius 2 is 2.12 bits per heavy atom. The minimum absolute atomic E-state index is 0.0101. The van der Waals surface area contributed by atoms with E-state index in [0.29, 0.717) is 18.5 Å². The van der Waals surface area contributed by atoms with Crippen molar-refractivity contribution in [2.75, 3.05) is 33.7 Å². The third-order valence-corrected chi connectivity index (χ3v) is 3.60. The summed E-state index contributed by atoms with van der Waals surface area (Å²) in [7, 11) is 4.15. The van der Waals surface area contributed by atoms with Crippen molar-refractivity contribution in [1.82, 2.24) is 9.80 Å². The molecule has 0 saturated carbocycles. The molecule has 1 amide bonds. The lowest BCUT2D eigenvalue weighted by Gasteiger charge is -2.25. The predicted molar refractivity (Wildman–Crippen MR) is 70.7 cm³/mol. The fraction of sp³-hybridized carbons (Fsp3) is 0.923. The summed E-state index contributed by atoms with van der Waals surface area (Å²) in [6, 6.07) is 0.511.